The molecule has 6 atom stereocenters. The van der Waals surface area contributed by atoms with Gasteiger partial charge < -0.3 is 51.6 Å². The average molecular weight is 1710 g/mol. The van der Waals surface area contributed by atoms with Crippen LogP contribution in [0, 0.1) is 0 Å². The summed E-state index contributed by atoms with van der Waals surface area (Å²) >= 11 is 11.9. The molecule has 3 aliphatic rings. The molecule has 17 nitrogen and oxygen atoms in total. The first-order valence-corrected chi connectivity index (χ1v) is 44.2. The standard InChI is InChI=1S/C38H37N3O2.C36H36ClN3O2.C33H34ClN5O2/c42-37(33-21-20-29-14-10-11-19-32(29)25-33)39-26-34-22-23-41(38(43)36(40-34)24-28-12-4-1-5-13-28)27-35(30-15-6-2-7-16-30)31-17-8-3-9-18-31;37-31-19-16-27(17-20-31)18-21-35(41)38-25-32-22-23-40(36(42)34(39-32)24-28-10-4-1-5-11-28)26-33(29-12-6-2-7-13-29)30-14-8-3-9-15-30;34-27-14-11-24(12-15-27)13-16-32(40)36-21-28-17-18-39(33(41)31(38-28)19-29-20-35-23-37-29)22-30(25-7-3-1-4-8-25)26-9-5-2-6-10-26/h1-21,25,34-36,40H,22-24,26-27H2,(H,39,42);1-21,32-34,39H,22-26H2,(H,38,41);1-16,20,23,28,30-31,38H,17-19,21-22H2,(H,35,37)(H,36,40)/b;21-18+;16-13+/t34-,36-;32-,34-;28-,31-/m000/s1. The first-order valence-electron chi connectivity index (χ1n) is 43.4. The van der Waals surface area contributed by atoms with Crippen molar-refractivity contribution in [3.05, 3.63) is 435 Å². The number of H-pyrrole nitrogens is 1. The van der Waals surface area contributed by atoms with Crippen LogP contribution in [-0.4, -0.2) is 155 Å². The van der Waals surface area contributed by atoms with Gasteiger partial charge in [0.1, 0.15) is 0 Å². The fourth-order valence-corrected chi connectivity index (χ4v) is 17.0. The number of imidazole rings is 1. The van der Waals surface area contributed by atoms with Gasteiger partial charge in [-0.15, -0.1) is 0 Å². The van der Waals surface area contributed by atoms with Gasteiger partial charge >= 0.3 is 0 Å². The predicted molar refractivity (Wildman–Crippen MR) is 506 cm³/mol. The molecule has 6 amide bonds. The first-order chi connectivity index (χ1) is 61.7. The van der Waals surface area contributed by atoms with E-state index in [1.807, 2.05) is 178 Å². The van der Waals surface area contributed by atoms with E-state index in [1.165, 1.54) is 45.5 Å². The van der Waals surface area contributed by atoms with Crippen LogP contribution in [0.15, 0.2) is 358 Å². The van der Waals surface area contributed by atoms with Gasteiger partial charge in [0.2, 0.25) is 29.5 Å². The second-order valence-electron chi connectivity index (χ2n) is 32.3. The van der Waals surface area contributed by atoms with E-state index < -0.39 is 12.1 Å². The molecular weight excluding hydrogens is 1610 g/mol. The molecule has 0 aliphatic carbocycles. The van der Waals surface area contributed by atoms with E-state index in [0.29, 0.717) is 100 Å². The number of benzene rings is 12. The minimum absolute atomic E-state index is 0.0426. The van der Waals surface area contributed by atoms with E-state index >= 15 is 0 Å². The molecule has 0 spiro atoms. The summed E-state index contributed by atoms with van der Waals surface area (Å²) in [4.78, 5) is 93.8. The summed E-state index contributed by atoms with van der Waals surface area (Å²) in [6.07, 6.45) is 13.8. The van der Waals surface area contributed by atoms with Gasteiger partial charge in [0.25, 0.3) is 5.91 Å². The SMILES string of the molecule is O=C(/C=C/c1ccc(Cl)cc1)NC[C@@H]1CCN(CC(c2ccccc2)c2ccccc2)C(=O)[C@H](Cc2ccccc2)N1.O=C(/C=C/c1ccc(Cl)cc1)NC[C@@H]1CCN(CC(c2ccccc2)c2ccccc2)C(=O)[C@H](Cc2cnc[nH]2)N1.O=C(NC[C@@H]1CCN(CC(c2ccccc2)c2ccccc2)C(=O)[C@H](Cc2ccccc2)N1)c1ccc2ccccc2c1. The summed E-state index contributed by atoms with van der Waals surface area (Å²) < 4.78 is 0. The van der Waals surface area contributed by atoms with Crippen molar-refractivity contribution in [3.8, 4) is 0 Å². The summed E-state index contributed by atoms with van der Waals surface area (Å²) in [5, 5.41) is 23.4. The Morgan fingerprint density at radius 1 is 0.373 bits per heavy atom. The number of halogens is 2. The molecule has 640 valence electrons. The maximum absolute atomic E-state index is 14.2. The van der Waals surface area contributed by atoms with Crippen LogP contribution in [0.1, 0.15) is 109 Å². The third-order valence-electron chi connectivity index (χ3n) is 23.5. The van der Waals surface area contributed by atoms with Crippen LogP contribution in [0.3, 0.4) is 0 Å². The Kier molecular flexibility index (Phi) is 32.6. The van der Waals surface area contributed by atoms with Crippen molar-refractivity contribution in [2.45, 2.75) is 92.5 Å². The lowest BCUT2D eigenvalue weighted by Crippen LogP contribution is -2.50. The third-order valence-corrected chi connectivity index (χ3v) is 24.0. The van der Waals surface area contributed by atoms with Gasteiger partial charge in [-0.25, -0.2) is 4.98 Å². The van der Waals surface area contributed by atoms with Gasteiger partial charge in [0, 0.05) is 141 Å². The van der Waals surface area contributed by atoms with Crippen molar-refractivity contribution in [1.82, 2.24) is 56.6 Å². The topological polar surface area (TPSA) is 213 Å². The van der Waals surface area contributed by atoms with Gasteiger partial charge in [-0.05, 0) is 147 Å². The number of carbonyl (C=O) groups is 6. The molecule has 3 fully saturated rings. The summed E-state index contributed by atoms with van der Waals surface area (Å²) in [5.41, 5.74) is 12.6. The van der Waals surface area contributed by atoms with E-state index in [9.17, 15) is 28.8 Å². The minimum Gasteiger partial charge on any atom is -0.351 e. The Labute approximate surface area is 748 Å². The molecule has 0 bridgehead atoms. The van der Waals surface area contributed by atoms with E-state index in [2.05, 4.69) is 187 Å². The van der Waals surface area contributed by atoms with Crippen molar-refractivity contribution in [3.63, 3.8) is 0 Å². The second kappa shape index (κ2) is 46.0. The zero-order valence-corrected chi connectivity index (χ0v) is 72.0. The highest BCUT2D eigenvalue weighted by atomic mass is 35.5. The molecule has 126 heavy (non-hydrogen) atoms. The number of hydrogen-bond acceptors (Lipinski definition) is 10. The fourth-order valence-electron chi connectivity index (χ4n) is 16.7. The number of nitrogens with one attached hydrogen (secondary N) is 7. The summed E-state index contributed by atoms with van der Waals surface area (Å²) in [5.74, 6) is -0.0595. The average Bonchev–Trinajstić information content (AvgIpc) is 1.57. The van der Waals surface area contributed by atoms with E-state index in [0.717, 1.165) is 51.6 Å². The Bertz CT molecular complexity index is 5540. The molecule has 0 unspecified atom stereocenters. The largest absolute Gasteiger partial charge is 0.351 e. The molecule has 12 aromatic carbocycles. The van der Waals surface area contributed by atoms with E-state index in [-0.39, 0.29) is 77.4 Å². The van der Waals surface area contributed by atoms with Crippen LogP contribution in [0.5, 0.6) is 0 Å². The number of carbonyl (C=O) groups excluding carboxylic acids is 6. The number of amides is 6. The molecule has 1 aromatic heterocycles. The fraction of sp³-hybridized carbons (Fsp3) is 0.224. The lowest BCUT2D eigenvalue weighted by atomic mass is 9.90. The molecule has 0 saturated carbocycles. The summed E-state index contributed by atoms with van der Waals surface area (Å²) in [6.45, 7) is 4.83. The highest BCUT2D eigenvalue weighted by Gasteiger charge is 2.37. The molecule has 3 saturated heterocycles. The van der Waals surface area contributed by atoms with E-state index in [4.69, 9.17) is 23.2 Å². The lowest BCUT2D eigenvalue weighted by Gasteiger charge is -2.29. The molecule has 4 heterocycles. The zero-order valence-electron chi connectivity index (χ0n) is 70.5. The first kappa shape index (κ1) is 89.2. The maximum atomic E-state index is 14.2. The molecule has 16 rings (SSSR count). The van der Waals surface area contributed by atoms with Gasteiger partial charge in [0.05, 0.1) is 24.5 Å². The van der Waals surface area contributed by atoms with Crippen LogP contribution in [0.2, 0.25) is 10.0 Å². The smallest absolute Gasteiger partial charge is 0.251 e. The van der Waals surface area contributed by atoms with Crippen LogP contribution >= 0.6 is 23.2 Å². The van der Waals surface area contributed by atoms with Crippen molar-refractivity contribution in [2.24, 2.45) is 0 Å². The predicted octanol–water partition coefficient (Wildman–Crippen LogP) is 17.1. The summed E-state index contributed by atoms with van der Waals surface area (Å²) in [7, 11) is 0. The zero-order chi connectivity index (χ0) is 87.0. The second-order valence-corrected chi connectivity index (χ2v) is 33.2. The van der Waals surface area contributed by atoms with E-state index in [1.54, 1.807) is 48.9 Å². The van der Waals surface area contributed by atoms with Crippen LogP contribution in [0.4, 0.5) is 0 Å². The van der Waals surface area contributed by atoms with Gasteiger partial charge in [-0.3, -0.25) is 28.8 Å². The number of aromatic amines is 1. The van der Waals surface area contributed by atoms with Crippen molar-refractivity contribution in [1.29, 1.82) is 0 Å². The van der Waals surface area contributed by atoms with Gasteiger partial charge in [-0.1, -0.05) is 320 Å². The van der Waals surface area contributed by atoms with Gasteiger partial charge in [0.15, 0.2) is 0 Å². The van der Waals surface area contributed by atoms with Crippen LogP contribution < -0.4 is 31.9 Å². The molecule has 0 radical (unpaired) electrons. The Morgan fingerprint density at radius 3 is 1.03 bits per heavy atom. The Hall–Kier alpha value is -13.1. The molecule has 19 heteroatoms. The third kappa shape index (κ3) is 26.2. The Balaban J connectivity index is 0.000000153. The molecule has 3 aliphatic heterocycles. The van der Waals surface area contributed by atoms with Crippen molar-refractivity contribution >= 4 is 81.6 Å². The highest BCUT2D eigenvalue weighted by Crippen LogP contribution is 2.32. The number of hydrogen-bond donors (Lipinski definition) is 7. The summed E-state index contributed by atoms with van der Waals surface area (Å²) in [6, 6.07) is 110. The maximum Gasteiger partial charge on any atom is 0.251 e. The number of rotatable bonds is 29. The van der Waals surface area contributed by atoms with Crippen molar-refractivity contribution < 1.29 is 28.8 Å². The molecular formula is C107H107Cl2N11O6. The number of nitrogens with zero attached hydrogens (tertiary/aromatic N) is 4. The monoisotopic (exact) mass is 1710 g/mol. The Morgan fingerprint density at radius 2 is 0.690 bits per heavy atom. The quantitative estimate of drug-likeness (QED) is 0.0220. The van der Waals surface area contributed by atoms with Crippen LogP contribution in [0.25, 0.3) is 22.9 Å². The van der Waals surface area contributed by atoms with Gasteiger partial charge in [-0.2, -0.15) is 0 Å². The van der Waals surface area contributed by atoms with Crippen molar-refractivity contribution in [2.75, 3.05) is 58.9 Å². The normalized spacial score (nSPS) is 17.4. The lowest BCUT2D eigenvalue weighted by molar-refractivity contribution is -0.133. The minimum atomic E-state index is -0.448. The molecule has 13 aromatic rings. The molecule has 7 N–H and O–H groups in total. The number of fused-ring (bicyclic) bond motifs is 1. The number of aromatic nitrogens is 2. The highest BCUT2D eigenvalue weighted by molar-refractivity contribution is 6.31. The van der Waals surface area contributed by atoms with Crippen LogP contribution in [-0.2, 0) is 43.2 Å².